The van der Waals surface area contributed by atoms with Crippen molar-refractivity contribution in [3.63, 3.8) is 0 Å². The third-order valence-electron chi connectivity index (χ3n) is 3.71. The third-order valence-corrected chi connectivity index (χ3v) is 3.71. The molecule has 0 heterocycles. The van der Waals surface area contributed by atoms with Crippen molar-refractivity contribution in [1.29, 1.82) is 0 Å². The Morgan fingerprint density at radius 3 is 2.55 bits per heavy atom. The van der Waals surface area contributed by atoms with Gasteiger partial charge in [-0.25, -0.2) is 0 Å². The van der Waals surface area contributed by atoms with Gasteiger partial charge < -0.3 is 10.4 Å². The first-order valence-corrected chi connectivity index (χ1v) is 7.36. The minimum atomic E-state index is -1.08. The van der Waals surface area contributed by atoms with Gasteiger partial charge in [-0.2, -0.15) is 0 Å². The number of aliphatic hydroxyl groups is 1. The maximum absolute atomic E-state index is 11.9. The van der Waals surface area contributed by atoms with Gasteiger partial charge in [0.1, 0.15) is 0 Å². The maximum atomic E-state index is 11.9. The zero-order valence-electron chi connectivity index (χ0n) is 12.2. The van der Waals surface area contributed by atoms with Gasteiger partial charge in [-0.3, -0.25) is 9.69 Å². The number of nitrogens with zero attached hydrogens (tertiary/aromatic N) is 1. The van der Waals surface area contributed by atoms with Crippen LogP contribution in [-0.4, -0.2) is 41.1 Å². The van der Waals surface area contributed by atoms with E-state index < -0.39 is 6.10 Å². The summed E-state index contributed by atoms with van der Waals surface area (Å²) in [6, 6.07) is 10.2. The second-order valence-electron chi connectivity index (χ2n) is 5.67. The molecule has 2 N–H and O–H groups in total. The summed E-state index contributed by atoms with van der Waals surface area (Å²) in [5.74, 6) is -0.323. The van der Waals surface area contributed by atoms with Gasteiger partial charge in [0, 0.05) is 25.2 Å². The smallest absolute Gasteiger partial charge is 0.253 e. The van der Waals surface area contributed by atoms with Crippen LogP contribution in [0.5, 0.6) is 0 Å². The zero-order chi connectivity index (χ0) is 14.5. The van der Waals surface area contributed by atoms with Crippen LogP contribution in [0.4, 0.5) is 0 Å². The number of carbonyl (C=O) groups excluding carboxylic acids is 1. The summed E-state index contributed by atoms with van der Waals surface area (Å²) in [6.07, 6.45) is 1.45. The van der Waals surface area contributed by atoms with E-state index in [4.69, 9.17) is 0 Å². The molecule has 1 fully saturated rings. The van der Waals surface area contributed by atoms with Crippen LogP contribution in [-0.2, 0) is 4.79 Å². The lowest BCUT2D eigenvalue weighted by atomic mass is 10.1. The van der Waals surface area contributed by atoms with Gasteiger partial charge in [0.05, 0.1) is 0 Å². The number of benzene rings is 1. The van der Waals surface area contributed by atoms with E-state index in [1.54, 1.807) is 12.1 Å². The van der Waals surface area contributed by atoms with Gasteiger partial charge in [-0.15, -0.1) is 0 Å². The zero-order valence-corrected chi connectivity index (χ0v) is 12.2. The fraction of sp³-hybridized carbons (Fsp3) is 0.562. The summed E-state index contributed by atoms with van der Waals surface area (Å²) in [5, 5.41) is 12.8. The Labute approximate surface area is 120 Å². The van der Waals surface area contributed by atoms with Crippen LogP contribution >= 0.6 is 0 Å². The van der Waals surface area contributed by atoms with Crippen molar-refractivity contribution in [2.45, 2.75) is 44.9 Å². The van der Waals surface area contributed by atoms with Gasteiger partial charge >= 0.3 is 0 Å². The molecule has 2 rings (SSSR count). The molecule has 1 saturated carbocycles. The molecule has 1 aliphatic carbocycles. The molecule has 0 bridgehead atoms. The molecule has 1 aromatic carbocycles. The largest absolute Gasteiger partial charge is 0.378 e. The fourth-order valence-corrected chi connectivity index (χ4v) is 2.46. The van der Waals surface area contributed by atoms with Gasteiger partial charge in [-0.05, 0) is 32.3 Å². The van der Waals surface area contributed by atoms with Crippen molar-refractivity contribution in [2.24, 2.45) is 0 Å². The van der Waals surface area contributed by atoms with E-state index in [0.29, 0.717) is 24.2 Å². The molecule has 0 spiro atoms. The average molecular weight is 276 g/mol. The quantitative estimate of drug-likeness (QED) is 0.797. The Morgan fingerprint density at radius 2 is 2.00 bits per heavy atom. The van der Waals surface area contributed by atoms with Crippen molar-refractivity contribution >= 4 is 5.91 Å². The number of aliphatic hydroxyl groups excluding tert-OH is 1. The normalized spacial score (nSPS) is 16.4. The molecule has 1 atom stereocenters. The number of amides is 1. The molecule has 0 saturated heterocycles. The number of carbonyl (C=O) groups is 1. The van der Waals surface area contributed by atoms with Crippen molar-refractivity contribution in [3.05, 3.63) is 35.9 Å². The molecule has 110 valence electrons. The standard InChI is InChI=1S/C16H24N2O2/c1-12(2)18(14-8-9-14)11-10-17-16(20)15(19)13-6-4-3-5-7-13/h3-7,12,14-15,19H,8-11H2,1-2H3,(H,17,20). The molecule has 1 unspecified atom stereocenters. The van der Waals surface area contributed by atoms with Gasteiger partial charge in [-0.1, -0.05) is 30.3 Å². The van der Waals surface area contributed by atoms with Crippen LogP contribution in [0, 0.1) is 0 Å². The lowest BCUT2D eigenvalue weighted by Crippen LogP contribution is -2.41. The molecular weight excluding hydrogens is 252 g/mol. The third kappa shape index (κ3) is 4.05. The molecule has 4 heteroatoms. The predicted molar refractivity (Wildman–Crippen MR) is 79.3 cm³/mol. The summed E-state index contributed by atoms with van der Waals surface area (Å²) >= 11 is 0. The Kier molecular flexibility index (Phi) is 5.15. The van der Waals surface area contributed by atoms with Crippen molar-refractivity contribution in [3.8, 4) is 0 Å². The fourth-order valence-electron chi connectivity index (χ4n) is 2.46. The second kappa shape index (κ2) is 6.86. The number of nitrogens with one attached hydrogen (secondary N) is 1. The highest BCUT2D eigenvalue weighted by atomic mass is 16.3. The molecule has 4 nitrogen and oxygen atoms in total. The van der Waals surface area contributed by atoms with Crippen LogP contribution in [0.2, 0.25) is 0 Å². The Bertz CT molecular complexity index is 427. The van der Waals surface area contributed by atoms with Crippen LogP contribution < -0.4 is 5.32 Å². The SMILES string of the molecule is CC(C)N(CCNC(=O)C(O)c1ccccc1)C1CC1. The lowest BCUT2D eigenvalue weighted by Gasteiger charge is -2.26. The molecule has 1 amide bonds. The molecule has 1 aliphatic rings. The number of hydrogen-bond donors (Lipinski definition) is 2. The lowest BCUT2D eigenvalue weighted by molar-refractivity contribution is -0.129. The summed E-state index contributed by atoms with van der Waals surface area (Å²) in [5.41, 5.74) is 0.632. The van der Waals surface area contributed by atoms with Gasteiger partial charge in [0.2, 0.25) is 0 Å². The molecular formula is C16H24N2O2. The van der Waals surface area contributed by atoms with E-state index in [9.17, 15) is 9.90 Å². The first kappa shape index (κ1) is 15.0. The van der Waals surface area contributed by atoms with Crippen LogP contribution in [0.25, 0.3) is 0 Å². The summed E-state index contributed by atoms with van der Waals surface area (Å²) in [6.45, 7) is 5.78. The van der Waals surface area contributed by atoms with Crippen LogP contribution in [0.3, 0.4) is 0 Å². The Balaban J connectivity index is 1.77. The van der Waals surface area contributed by atoms with E-state index in [1.807, 2.05) is 18.2 Å². The monoisotopic (exact) mass is 276 g/mol. The highest BCUT2D eigenvalue weighted by molar-refractivity contribution is 5.81. The van der Waals surface area contributed by atoms with Crippen molar-refractivity contribution < 1.29 is 9.90 Å². The number of hydrogen-bond acceptors (Lipinski definition) is 3. The van der Waals surface area contributed by atoms with E-state index >= 15 is 0 Å². The van der Waals surface area contributed by atoms with Crippen molar-refractivity contribution in [1.82, 2.24) is 10.2 Å². The maximum Gasteiger partial charge on any atom is 0.253 e. The molecule has 0 aromatic heterocycles. The van der Waals surface area contributed by atoms with E-state index in [-0.39, 0.29) is 5.91 Å². The Hall–Kier alpha value is -1.39. The topological polar surface area (TPSA) is 52.6 Å². The summed E-state index contributed by atoms with van der Waals surface area (Å²) in [7, 11) is 0. The van der Waals surface area contributed by atoms with Crippen LogP contribution in [0.15, 0.2) is 30.3 Å². The van der Waals surface area contributed by atoms with E-state index in [1.165, 1.54) is 12.8 Å². The van der Waals surface area contributed by atoms with Gasteiger partial charge in [0.15, 0.2) is 6.10 Å². The molecule has 20 heavy (non-hydrogen) atoms. The highest BCUT2D eigenvalue weighted by Crippen LogP contribution is 2.27. The van der Waals surface area contributed by atoms with E-state index in [2.05, 4.69) is 24.1 Å². The molecule has 0 aliphatic heterocycles. The highest BCUT2D eigenvalue weighted by Gasteiger charge is 2.30. The molecule has 0 radical (unpaired) electrons. The summed E-state index contributed by atoms with van der Waals surface area (Å²) in [4.78, 5) is 14.3. The second-order valence-corrected chi connectivity index (χ2v) is 5.67. The number of rotatable bonds is 7. The first-order chi connectivity index (χ1) is 9.59. The Morgan fingerprint density at radius 1 is 1.35 bits per heavy atom. The minimum absolute atomic E-state index is 0.323. The average Bonchev–Trinajstić information content (AvgIpc) is 3.27. The first-order valence-electron chi connectivity index (χ1n) is 7.36. The van der Waals surface area contributed by atoms with Crippen molar-refractivity contribution in [2.75, 3.05) is 13.1 Å². The van der Waals surface area contributed by atoms with Gasteiger partial charge in [0.25, 0.3) is 5.91 Å². The molecule has 1 aromatic rings. The minimum Gasteiger partial charge on any atom is -0.378 e. The van der Waals surface area contributed by atoms with E-state index in [0.717, 1.165) is 6.54 Å². The van der Waals surface area contributed by atoms with Crippen LogP contribution in [0.1, 0.15) is 38.4 Å². The summed E-state index contributed by atoms with van der Waals surface area (Å²) < 4.78 is 0. The predicted octanol–water partition coefficient (Wildman–Crippen LogP) is 1.71.